The number of hydrogen-bond acceptors (Lipinski definition) is 2. The molecule has 2 rings (SSSR count). The van der Waals surface area contributed by atoms with E-state index >= 15 is 0 Å². The number of hydrogen-bond donors (Lipinski definition) is 1. The SMILES string of the molecule is C[C@H](O)C(=O)[C@@H]1C[C@H]2C=C[C@@H]1C2. The normalized spacial score (nSPS) is 40.3. The van der Waals surface area contributed by atoms with Gasteiger partial charge in [0.1, 0.15) is 6.10 Å². The molecule has 0 radical (unpaired) electrons. The topological polar surface area (TPSA) is 37.3 Å². The molecule has 0 unspecified atom stereocenters. The van der Waals surface area contributed by atoms with Crippen molar-refractivity contribution in [2.24, 2.45) is 17.8 Å². The Bertz CT molecular complexity index is 230. The van der Waals surface area contributed by atoms with Gasteiger partial charge in [-0.3, -0.25) is 4.79 Å². The van der Waals surface area contributed by atoms with E-state index in [-0.39, 0.29) is 11.7 Å². The van der Waals surface area contributed by atoms with Gasteiger partial charge in [0.25, 0.3) is 0 Å². The van der Waals surface area contributed by atoms with Crippen LogP contribution < -0.4 is 0 Å². The number of carbonyl (C=O) groups excluding carboxylic acids is 1. The van der Waals surface area contributed by atoms with Crippen LogP contribution in [0.25, 0.3) is 0 Å². The molecule has 0 aliphatic heterocycles. The van der Waals surface area contributed by atoms with Crippen LogP contribution in [0.4, 0.5) is 0 Å². The van der Waals surface area contributed by atoms with Gasteiger partial charge in [0.15, 0.2) is 5.78 Å². The first-order valence-corrected chi connectivity index (χ1v) is 4.58. The van der Waals surface area contributed by atoms with Crippen molar-refractivity contribution < 1.29 is 9.90 Å². The van der Waals surface area contributed by atoms with E-state index in [4.69, 9.17) is 5.11 Å². The number of ketones is 1. The van der Waals surface area contributed by atoms with Gasteiger partial charge in [0, 0.05) is 5.92 Å². The highest BCUT2D eigenvalue weighted by Gasteiger charge is 2.40. The molecular weight excluding hydrogens is 152 g/mol. The molecule has 1 fully saturated rings. The number of Topliss-reactive ketones (excluding diaryl/α,β-unsaturated/α-hetero) is 1. The van der Waals surface area contributed by atoms with Crippen LogP contribution in [0.1, 0.15) is 19.8 Å². The van der Waals surface area contributed by atoms with E-state index in [1.807, 2.05) is 0 Å². The van der Waals surface area contributed by atoms with Crippen LogP contribution in [0.3, 0.4) is 0 Å². The Balaban J connectivity index is 2.08. The van der Waals surface area contributed by atoms with E-state index < -0.39 is 6.10 Å². The van der Waals surface area contributed by atoms with Crippen molar-refractivity contribution >= 4 is 5.78 Å². The van der Waals surface area contributed by atoms with Crippen molar-refractivity contribution in [3.63, 3.8) is 0 Å². The molecule has 1 saturated carbocycles. The van der Waals surface area contributed by atoms with Crippen LogP contribution in [0, 0.1) is 17.8 Å². The summed E-state index contributed by atoms with van der Waals surface area (Å²) < 4.78 is 0. The molecule has 0 amide bonds. The second-order valence-corrected chi connectivity index (χ2v) is 3.97. The minimum absolute atomic E-state index is 0.0341. The molecule has 1 N–H and O–H groups in total. The Morgan fingerprint density at radius 3 is 2.67 bits per heavy atom. The van der Waals surface area contributed by atoms with E-state index in [2.05, 4.69) is 12.2 Å². The van der Waals surface area contributed by atoms with Gasteiger partial charge in [-0.05, 0) is 31.6 Å². The predicted octanol–water partition coefficient (Wildman–Crippen LogP) is 1.15. The summed E-state index contributed by atoms with van der Waals surface area (Å²) in [6.45, 7) is 1.57. The number of allylic oxidation sites excluding steroid dienone is 2. The maximum Gasteiger partial charge on any atom is 0.164 e. The lowest BCUT2D eigenvalue weighted by Crippen LogP contribution is -2.28. The smallest absolute Gasteiger partial charge is 0.164 e. The predicted molar refractivity (Wildman–Crippen MR) is 45.5 cm³/mol. The number of aliphatic hydroxyl groups is 1. The van der Waals surface area contributed by atoms with Crippen molar-refractivity contribution in [1.29, 1.82) is 0 Å². The number of carbonyl (C=O) groups is 1. The summed E-state index contributed by atoms with van der Waals surface area (Å²) in [7, 11) is 0. The Labute approximate surface area is 72.3 Å². The summed E-state index contributed by atoms with van der Waals surface area (Å²) in [6, 6.07) is 0. The van der Waals surface area contributed by atoms with E-state index in [9.17, 15) is 4.79 Å². The molecule has 4 atom stereocenters. The third kappa shape index (κ3) is 1.11. The fourth-order valence-corrected chi connectivity index (χ4v) is 2.42. The van der Waals surface area contributed by atoms with Crippen molar-refractivity contribution in [3.8, 4) is 0 Å². The van der Waals surface area contributed by atoms with Gasteiger partial charge >= 0.3 is 0 Å². The average Bonchev–Trinajstić information content (AvgIpc) is 2.62. The molecular formula is C10H14O2. The molecule has 0 aromatic carbocycles. The lowest BCUT2D eigenvalue weighted by molar-refractivity contribution is -0.131. The molecule has 2 aliphatic rings. The molecule has 12 heavy (non-hydrogen) atoms. The zero-order valence-electron chi connectivity index (χ0n) is 7.23. The van der Waals surface area contributed by atoms with E-state index in [0.717, 1.165) is 12.8 Å². The molecule has 2 aliphatic carbocycles. The number of rotatable bonds is 2. The second-order valence-electron chi connectivity index (χ2n) is 3.97. The Morgan fingerprint density at radius 2 is 2.25 bits per heavy atom. The Hall–Kier alpha value is -0.630. The number of fused-ring (bicyclic) bond motifs is 2. The molecule has 2 nitrogen and oxygen atoms in total. The first kappa shape index (κ1) is 7.99. The highest BCUT2D eigenvalue weighted by atomic mass is 16.3. The summed E-state index contributed by atoms with van der Waals surface area (Å²) >= 11 is 0. The molecule has 66 valence electrons. The zero-order chi connectivity index (χ0) is 8.72. The first-order valence-electron chi connectivity index (χ1n) is 4.58. The average molecular weight is 166 g/mol. The summed E-state index contributed by atoms with van der Waals surface area (Å²) in [6.07, 6.45) is 5.66. The summed E-state index contributed by atoms with van der Waals surface area (Å²) in [4.78, 5) is 11.5. The summed E-state index contributed by atoms with van der Waals surface area (Å²) in [5.41, 5.74) is 0. The van der Waals surface area contributed by atoms with Crippen LogP contribution in [0.2, 0.25) is 0 Å². The van der Waals surface area contributed by atoms with Crippen LogP contribution >= 0.6 is 0 Å². The molecule has 0 aromatic heterocycles. The van der Waals surface area contributed by atoms with Crippen molar-refractivity contribution in [2.75, 3.05) is 0 Å². The molecule has 2 heteroatoms. The Morgan fingerprint density at radius 1 is 1.50 bits per heavy atom. The van der Waals surface area contributed by atoms with Gasteiger partial charge in [0.2, 0.25) is 0 Å². The zero-order valence-corrected chi connectivity index (χ0v) is 7.23. The maximum atomic E-state index is 11.5. The third-order valence-corrected chi connectivity index (χ3v) is 3.06. The molecule has 0 heterocycles. The van der Waals surface area contributed by atoms with Crippen LogP contribution in [0.15, 0.2) is 12.2 Å². The van der Waals surface area contributed by atoms with Gasteiger partial charge in [-0.25, -0.2) is 0 Å². The van der Waals surface area contributed by atoms with Crippen LogP contribution in [0.5, 0.6) is 0 Å². The molecule has 0 saturated heterocycles. The Kier molecular flexibility index (Phi) is 1.80. The second kappa shape index (κ2) is 2.70. The molecule has 0 spiro atoms. The van der Waals surface area contributed by atoms with Crippen LogP contribution in [-0.4, -0.2) is 17.0 Å². The van der Waals surface area contributed by atoms with Crippen molar-refractivity contribution in [2.45, 2.75) is 25.9 Å². The van der Waals surface area contributed by atoms with Gasteiger partial charge < -0.3 is 5.11 Å². The van der Waals surface area contributed by atoms with Crippen molar-refractivity contribution in [3.05, 3.63) is 12.2 Å². The summed E-state index contributed by atoms with van der Waals surface area (Å²) in [5, 5.41) is 9.14. The quantitative estimate of drug-likeness (QED) is 0.625. The third-order valence-electron chi connectivity index (χ3n) is 3.06. The highest BCUT2D eigenvalue weighted by Crippen LogP contribution is 2.44. The van der Waals surface area contributed by atoms with E-state index in [0.29, 0.717) is 11.8 Å². The number of aliphatic hydroxyl groups excluding tert-OH is 1. The minimum Gasteiger partial charge on any atom is -0.386 e. The molecule has 2 bridgehead atoms. The minimum atomic E-state index is -0.775. The van der Waals surface area contributed by atoms with Gasteiger partial charge in [-0.1, -0.05) is 12.2 Å². The van der Waals surface area contributed by atoms with Crippen molar-refractivity contribution in [1.82, 2.24) is 0 Å². The lowest BCUT2D eigenvalue weighted by Gasteiger charge is -2.17. The fourth-order valence-electron chi connectivity index (χ4n) is 2.42. The monoisotopic (exact) mass is 166 g/mol. The first-order chi connectivity index (χ1) is 5.68. The standard InChI is InChI=1S/C10H14O2/c1-6(11)10(12)9-5-7-2-3-8(9)4-7/h2-3,6-9,11H,4-5H2,1H3/t6-,7-,8+,9+/m0/s1. The largest absolute Gasteiger partial charge is 0.386 e. The highest BCUT2D eigenvalue weighted by molar-refractivity contribution is 5.85. The fraction of sp³-hybridized carbons (Fsp3) is 0.700. The van der Waals surface area contributed by atoms with E-state index in [1.165, 1.54) is 0 Å². The van der Waals surface area contributed by atoms with E-state index in [1.54, 1.807) is 6.92 Å². The van der Waals surface area contributed by atoms with Gasteiger partial charge in [-0.15, -0.1) is 0 Å². The lowest BCUT2D eigenvalue weighted by atomic mass is 9.88. The molecule has 0 aromatic rings. The van der Waals surface area contributed by atoms with Gasteiger partial charge in [-0.2, -0.15) is 0 Å². The summed E-state index contributed by atoms with van der Waals surface area (Å²) in [5.74, 6) is 1.19. The van der Waals surface area contributed by atoms with Gasteiger partial charge in [0.05, 0.1) is 0 Å². The van der Waals surface area contributed by atoms with Crippen LogP contribution in [-0.2, 0) is 4.79 Å². The maximum absolute atomic E-state index is 11.5.